The van der Waals surface area contributed by atoms with Gasteiger partial charge in [-0.15, -0.1) is 0 Å². The number of nitrogens with one attached hydrogen (secondary N) is 1. The number of hydrogen-bond donors (Lipinski definition) is 1. The van der Waals surface area contributed by atoms with Crippen LogP contribution in [0.15, 0.2) is 47.4 Å². The van der Waals surface area contributed by atoms with Gasteiger partial charge < -0.3 is 10.1 Å². The Morgan fingerprint density at radius 1 is 1.07 bits per heavy atom. The monoisotopic (exact) mass is 390 g/mol. The normalized spacial score (nSPS) is 13.0. The third kappa shape index (κ3) is 5.09. The number of rotatable bonds is 9. The molecule has 0 amide bonds. The quantitative estimate of drug-likeness (QED) is 0.706. The SMILES string of the molecule is CCN(CC)S(=O)(=O)c1ccc(C(C)NCc2cc(C)ccc2OC)cc1. The molecule has 1 N–H and O–H groups in total. The molecule has 0 aliphatic carbocycles. The Hall–Kier alpha value is -1.89. The molecule has 0 aromatic heterocycles. The average Bonchev–Trinajstić information content (AvgIpc) is 2.67. The van der Waals surface area contributed by atoms with Crippen LogP contribution in [0.5, 0.6) is 5.75 Å². The van der Waals surface area contributed by atoms with Crippen molar-refractivity contribution < 1.29 is 13.2 Å². The second-order valence-corrected chi connectivity index (χ2v) is 8.51. The fraction of sp³-hybridized carbons (Fsp3) is 0.429. The van der Waals surface area contributed by atoms with Crippen LogP contribution in [0.25, 0.3) is 0 Å². The average molecular weight is 391 g/mol. The van der Waals surface area contributed by atoms with Crippen molar-refractivity contribution in [2.24, 2.45) is 0 Å². The molecule has 27 heavy (non-hydrogen) atoms. The van der Waals surface area contributed by atoms with Gasteiger partial charge in [0.2, 0.25) is 10.0 Å². The van der Waals surface area contributed by atoms with Gasteiger partial charge in [-0.05, 0) is 37.6 Å². The summed E-state index contributed by atoms with van der Waals surface area (Å²) in [6.45, 7) is 9.43. The number of ether oxygens (including phenoxy) is 1. The first-order valence-electron chi connectivity index (χ1n) is 9.30. The third-order valence-electron chi connectivity index (χ3n) is 4.76. The molecule has 148 valence electrons. The second kappa shape index (κ2) is 9.35. The molecule has 0 saturated heterocycles. The summed E-state index contributed by atoms with van der Waals surface area (Å²) in [5.41, 5.74) is 3.33. The van der Waals surface area contributed by atoms with E-state index in [9.17, 15) is 8.42 Å². The molecule has 0 aliphatic rings. The van der Waals surface area contributed by atoms with Gasteiger partial charge in [0, 0.05) is 31.2 Å². The van der Waals surface area contributed by atoms with Crippen molar-refractivity contribution in [3.05, 3.63) is 59.2 Å². The van der Waals surface area contributed by atoms with Crippen LogP contribution in [0.3, 0.4) is 0 Å². The molecule has 2 aromatic rings. The Morgan fingerprint density at radius 3 is 2.26 bits per heavy atom. The summed E-state index contributed by atoms with van der Waals surface area (Å²) in [5.74, 6) is 0.862. The molecule has 0 heterocycles. The zero-order chi connectivity index (χ0) is 20.0. The maximum absolute atomic E-state index is 12.6. The molecule has 0 bridgehead atoms. The summed E-state index contributed by atoms with van der Waals surface area (Å²) >= 11 is 0. The standard InChI is InChI=1S/C21H30N2O3S/c1-6-23(7-2)27(24,25)20-11-9-18(10-12-20)17(4)22-15-19-14-16(3)8-13-21(19)26-5/h8-14,17,22H,6-7,15H2,1-5H3. The summed E-state index contributed by atoms with van der Waals surface area (Å²) < 4.78 is 32.1. The number of aryl methyl sites for hydroxylation is 1. The highest BCUT2D eigenvalue weighted by atomic mass is 32.2. The molecule has 0 fully saturated rings. The summed E-state index contributed by atoms with van der Waals surface area (Å²) in [4.78, 5) is 0.336. The van der Waals surface area contributed by atoms with Crippen LogP contribution in [0.4, 0.5) is 0 Å². The first-order chi connectivity index (χ1) is 12.8. The van der Waals surface area contributed by atoms with E-state index in [0.29, 0.717) is 24.5 Å². The zero-order valence-corrected chi connectivity index (χ0v) is 17.6. The predicted molar refractivity (Wildman–Crippen MR) is 110 cm³/mol. The van der Waals surface area contributed by atoms with Crippen molar-refractivity contribution in [3.63, 3.8) is 0 Å². The fourth-order valence-corrected chi connectivity index (χ4v) is 4.53. The van der Waals surface area contributed by atoms with Crippen LogP contribution < -0.4 is 10.1 Å². The van der Waals surface area contributed by atoms with Gasteiger partial charge >= 0.3 is 0 Å². The lowest BCUT2D eigenvalue weighted by molar-refractivity contribution is 0.406. The van der Waals surface area contributed by atoms with Gasteiger partial charge in [0.05, 0.1) is 12.0 Å². The molecule has 2 aromatic carbocycles. The van der Waals surface area contributed by atoms with Crippen LogP contribution in [0, 0.1) is 6.92 Å². The number of sulfonamides is 1. The van der Waals surface area contributed by atoms with E-state index in [1.165, 1.54) is 9.87 Å². The number of methoxy groups -OCH3 is 1. The summed E-state index contributed by atoms with van der Waals surface area (Å²) in [6.07, 6.45) is 0. The van der Waals surface area contributed by atoms with E-state index >= 15 is 0 Å². The van der Waals surface area contributed by atoms with E-state index < -0.39 is 10.0 Å². The molecule has 6 heteroatoms. The van der Waals surface area contributed by atoms with Gasteiger partial charge in [-0.2, -0.15) is 4.31 Å². The van der Waals surface area contributed by atoms with Gasteiger partial charge in [0.15, 0.2) is 0 Å². The summed E-state index contributed by atoms with van der Waals surface area (Å²) in [6, 6.07) is 13.3. The van der Waals surface area contributed by atoms with Gasteiger partial charge in [-0.25, -0.2) is 8.42 Å². The minimum absolute atomic E-state index is 0.0837. The molecule has 5 nitrogen and oxygen atoms in total. The predicted octanol–water partition coefficient (Wildman–Crippen LogP) is 3.88. The van der Waals surface area contributed by atoms with Crippen molar-refractivity contribution in [2.75, 3.05) is 20.2 Å². The molecule has 1 unspecified atom stereocenters. The van der Waals surface area contributed by atoms with Crippen LogP contribution in [0.1, 0.15) is 43.5 Å². The maximum atomic E-state index is 12.6. The topological polar surface area (TPSA) is 58.6 Å². The molecular weight excluding hydrogens is 360 g/mol. The van der Waals surface area contributed by atoms with Crippen molar-refractivity contribution in [3.8, 4) is 5.75 Å². The Labute approximate surface area is 163 Å². The van der Waals surface area contributed by atoms with Crippen LogP contribution in [-0.4, -0.2) is 32.9 Å². The lowest BCUT2D eigenvalue weighted by Gasteiger charge is -2.20. The van der Waals surface area contributed by atoms with E-state index in [1.54, 1.807) is 19.2 Å². The molecule has 0 radical (unpaired) electrons. The molecular formula is C21H30N2O3S. The van der Waals surface area contributed by atoms with E-state index in [0.717, 1.165) is 16.9 Å². The highest BCUT2D eigenvalue weighted by Crippen LogP contribution is 2.22. The molecule has 0 aliphatic heterocycles. The van der Waals surface area contributed by atoms with Gasteiger partial charge in [0.1, 0.15) is 5.75 Å². The molecule has 0 spiro atoms. The van der Waals surface area contributed by atoms with Crippen LogP contribution >= 0.6 is 0 Å². The Morgan fingerprint density at radius 2 is 1.70 bits per heavy atom. The first-order valence-corrected chi connectivity index (χ1v) is 10.7. The minimum Gasteiger partial charge on any atom is -0.496 e. The highest BCUT2D eigenvalue weighted by molar-refractivity contribution is 7.89. The Bertz CT molecular complexity index is 844. The zero-order valence-electron chi connectivity index (χ0n) is 16.8. The van der Waals surface area contributed by atoms with Gasteiger partial charge in [0.25, 0.3) is 0 Å². The van der Waals surface area contributed by atoms with Crippen LogP contribution in [-0.2, 0) is 16.6 Å². The maximum Gasteiger partial charge on any atom is 0.243 e. The number of benzene rings is 2. The minimum atomic E-state index is -3.42. The number of hydrogen-bond acceptors (Lipinski definition) is 4. The lowest BCUT2D eigenvalue weighted by Crippen LogP contribution is -2.30. The second-order valence-electron chi connectivity index (χ2n) is 6.58. The van der Waals surface area contributed by atoms with Gasteiger partial charge in [-0.1, -0.05) is 43.7 Å². The van der Waals surface area contributed by atoms with Crippen LogP contribution in [0.2, 0.25) is 0 Å². The third-order valence-corrected chi connectivity index (χ3v) is 6.82. The van der Waals surface area contributed by atoms with E-state index in [1.807, 2.05) is 38.1 Å². The molecule has 2 rings (SSSR count). The summed E-state index contributed by atoms with van der Waals surface area (Å²) in [5, 5.41) is 3.48. The van der Waals surface area contributed by atoms with E-state index in [-0.39, 0.29) is 6.04 Å². The largest absolute Gasteiger partial charge is 0.496 e. The smallest absolute Gasteiger partial charge is 0.243 e. The molecule has 1 atom stereocenters. The summed E-state index contributed by atoms with van der Waals surface area (Å²) in [7, 11) is -1.74. The van der Waals surface area contributed by atoms with Crippen molar-refractivity contribution in [1.82, 2.24) is 9.62 Å². The van der Waals surface area contributed by atoms with E-state index in [2.05, 4.69) is 25.2 Å². The van der Waals surface area contributed by atoms with E-state index in [4.69, 9.17) is 4.74 Å². The Kier molecular flexibility index (Phi) is 7.41. The van der Waals surface area contributed by atoms with Crippen molar-refractivity contribution in [2.45, 2.75) is 45.2 Å². The molecule has 0 saturated carbocycles. The van der Waals surface area contributed by atoms with Crippen molar-refractivity contribution >= 4 is 10.0 Å². The van der Waals surface area contributed by atoms with Crippen molar-refractivity contribution in [1.29, 1.82) is 0 Å². The lowest BCUT2D eigenvalue weighted by atomic mass is 10.1. The highest BCUT2D eigenvalue weighted by Gasteiger charge is 2.21. The number of nitrogens with zero attached hydrogens (tertiary/aromatic N) is 1. The fourth-order valence-electron chi connectivity index (χ4n) is 3.07. The Balaban J connectivity index is 2.10. The van der Waals surface area contributed by atoms with Gasteiger partial charge in [-0.3, -0.25) is 0 Å². The first kappa shape index (κ1) is 21.4.